The van der Waals surface area contributed by atoms with E-state index in [1.54, 1.807) is 0 Å². The van der Waals surface area contributed by atoms with E-state index < -0.39 is 16.6 Å². The molecule has 0 spiro atoms. The van der Waals surface area contributed by atoms with Crippen molar-refractivity contribution in [2.75, 3.05) is 6.61 Å². The molecule has 0 N–H and O–H groups in total. The summed E-state index contributed by atoms with van der Waals surface area (Å²) in [6.07, 6.45) is 0. The van der Waals surface area contributed by atoms with Gasteiger partial charge in [-0.15, -0.1) is 0 Å². The first-order valence-corrected chi connectivity index (χ1v) is 14.7. The topological polar surface area (TPSA) is 27.7 Å². The van der Waals surface area contributed by atoms with Crippen LogP contribution in [0.15, 0.2) is 0 Å². The van der Waals surface area contributed by atoms with E-state index in [1.165, 1.54) is 0 Å². The number of hydrogen-bond acceptors (Lipinski definition) is 3. The molecule has 0 radical (unpaired) electrons. The summed E-state index contributed by atoms with van der Waals surface area (Å²) in [6, 6.07) is 0. The van der Waals surface area contributed by atoms with Crippen LogP contribution in [-0.2, 0) is 13.6 Å². The van der Waals surface area contributed by atoms with Gasteiger partial charge in [-0.2, -0.15) is 0 Å². The Morgan fingerprint density at radius 3 is 1.29 bits per heavy atom. The van der Waals surface area contributed by atoms with E-state index >= 15 is 0 Å². The van der Waals surface area contributed by atoms with Gasteiger partial charge < -0.3 is 13.6 Å². The third kappa shape index (κ3) is 8.50. The highest BCUT2D eigenvalue weighted by atomic mass is 28.4. The minimum atomic E-state index is -1.23. The predicted octanol–water partition coefficient (Wildman–Crippen LogP) is 5.04. The quantitative estimate of drug-likeness (QED) is 0.662. The molecule has 1 rings (SSSR count). The zero-order chi connectivity index (χ0) is 17.3. The van der Waals surface area contributed by atoms with Crippen LogP contribution in [-0.4, -0.2) is 40.0 Å². The molecule has 1 aliphatic rings. The van der Waals surface area contributed by atoms with Crippen LogP contribution in [0.2, 0.25) is 39.3 Å². The second-order valence-corrected chi connectivity index (χ2v) is 18.8. The highest BCUT2D eigenvalue weighted by molar-refractivity contribution is 6.83. The maximum Gasteiger partial charge on any atom is 0.170 e. The summed E-state index contributed by atoms with van der Waals surface area (Å²) >= 11 is 0. The monoisotopic (exact) mass is 334 g/mol. The van der Waals surface area contributed by atoms with Crippen LogP contribution in [0.5, 0.6) is 0 Å². The summed E-state index contributed by atoms with van der Waals surface area (Å²) in [5.41, 5.74) is -0.559. The summed E-state index contributed by atoms with van der Waals surface area (Å²) in [4.78, 5) is 0. The first-order chi connectivity index (χ1) is 8.87. The van der Waals surface area contributed by atoms with Gasteiger partial charge in [0.25, 0.3) is 0 Å². The lowest BCUT2D eigenvalue weighted by Crippen LogP contribution is -2.60. The third-order valence-electron chi connectivity index (χ3n) is 3.37. The van der Waals surface area contributed by atoms with Gasteiger partial charge in [0.05, 0.1) is 23.4 Å². The zero-order valence-electron chi connectivity index (χ0n) is 16.4. The average molecular weight is 335 g/mol. The first kappa shape index (κ1) is 21.3. The van der Waals surface area contributed by atoms with Crippen LogP contribution in [0, 0.1) is 0 Å². The van der Waals surface area contributed by atoms with Crippen LogP contribution in [0.25, 0.3) is 0 Å². The molecule has 5 heteroatoms. The molecule has 0 aromatic carbocycles. The smallest absolute Gasteiger partial charge is 0.170 e. The summed E-state index contributed by atoms with van der Waals surface area (Å²) < 4.78 is 17.6. The average Bonchev–Trinajstić information content (AvgIpc) is 2.06. The Morgan fingerprint density at radius 1 is 0.714 bits per heavy atom. The van der Waals surface area contributed by atoms with Crippen molar-refractivity contribution < 1.29 is 13.6 Å². The molecule has 3 nitrogen and oxygen atoms in total. The highest BCUT2D eigenvalue weighted by Gasteiger charge is 2.47. The van der Waals surface area contributed by atoms with Crippen molar-refractivity contribution >= 4 is 16.6 Å². The predicted molar refractivity (Wildman–Crippen MR) is 97.1 cm³/mol. The Hall–Kier alpha value is 0.314. The van der Waals surface area contributed by atoms with Gasteiger partial charge in [0.1, 0.15) is 0 Å². The number of ether oxygens (including phenoxy) is 2. The molecule has 0 aliphatic carbocycles. The SMILES string of the molecule is CC1(C)COC(C)(C)C(C)(C)O1.C[Si](C)(C)O[Si](C)(C)C. The van der Waals surface area contributed by atoms with Gasteiger partial charge in [-0.25, -0.2) is 0 Å². The van der Waals surface area contributed by atoms with E-state index in [0.717, 1.165) is 0 Å². The molecule has 1 heterocycles. The van der Waals surface area contributed by atoms with Gasteiger partial charge in [0, 0.05) is 0 Å². The fourth-order valence-corrected chi connectivity index (χ4v) is 9.64. The maximum absolute atomic E-state index is 5.95. The van der Waals surface area contributed by atoms with Crippen molar-refractivity contribution in [1.82, 2.24) is 0 Å². The summed E-state index contributed by atoms with van der Waals surface area (Å²) in [7, 11) is -2.46. The Morgan fingerprint density at radius 2 is 1.10 bits per heavy atom. The molecule has 0 unspecified atom stereocenters. The van der Waals surface area contributed by atoms with E-state index in [-0.39, 0.29) is 16.8 Å². The van der Waals surface area contributed by atoms with Crippen molar-refractivity contribution in [3.8, 4) is 0 Å². The van der Waals surface area contributed by atoms with Gasteiger partial charge >= 0.3 is 0 Å². The van der Waals surface area contributed by atoms with E-state index in [1.807, 2.05) is 0 Å². The van der Waals surface area contributed by atoms with Gasteiger partial charge in [0.15, 0.2) is 16.6 Å². The van der Waals surface area contributed by atoms with Gasteiger partial charge in [-0.05, 0) is 80.8 Å². The molecular formula is C16H38O3Si2. The summed E-state index contributed by atoms with van der Waals surface area (Å²) in [6.45, 7) is 26.5. The summed E-state index contributed by atoms with van der Waals surface area (Å²) in [5, 5.41) is 0. The molecule has 0 aromatic heterocycles. The highest BCUT2D eigenvalue weighted by Crippen LogP contribution is 2.38. The largest absolute Gasteiger partial charge is 0.456 e. The van der Waals surface area contributed by atoms with Crippen LogP contribution >= 0.6 is 0 Å². The van der Waals surface area contributed by atoms with E-state index in [0.29, 0.717) is 6.61 Å². The van der Waals surface area contributed by atoms with Crippen molar-refractivity contribution in [1.29, 1.82) is 0 Å². The lowest BCUT2D eigenvalue weighted by atomic mass is 9.86. The Balaban J connectivity index is 0.000000400. The van der Waals surface area contributed by atoms with Crippen molar-refractivity contribution in [2.24, 2.45) is 0 Å². The molecule has 0 bridgehead atoms. The zero-order valence-corrected chi connectivity index (χ0v) is 18.4. The molecule has 1 fully saturated rings. The van der Waals surface area contributed by atoms with Crippen LogP contribution < -0.4 is 0 Å². The van der Waals surface area contributed by atoms with Crippen LogP contribution in [0.4, 0.5) is 0 Å². The molecule has 0 aromatic rings. The standard InChI is InChI=1S/C10H20O2.C6H18OSi2/c1-8(2)7-11-9(3,4)10(5,6)12-8;1-8(2,3)7-9(4,5)6/h7H2,1-6H3;1-6H3. The molecule has 1 aliphatic heterocycles. The normalized spacial score (nSPS) is 24.0. The Kier molecular flexibility index (Phi) is 6.53. The summed E-state index contributed by atoms with van der Waals surface area (Å²) in [5.74, 6) is 0. The van der Waals surface area contributed by atoms with E-state index in [2.05, 4.69) is 80.8 Å². The maximum atomic E-state index is 5.95. The minimum absolute atomic E-state index is 0.154. The van der Waals surface area contributed by atoms with E-state index in [9.17, 15) is 0 Å². The van der Waals surface area contributed by atoms with Gasteiger partial charge in [-0.3, -0.25) is 0 Å². The third-order valence-corrected chi connectivity index (χ3v) is 8.27. The minimum Gasteiger partial charge on any atom is -0.456 e. The molecule has 0 amide bonds. The first-order valence-electron chi connectivity index (χ1n) is 7.91. The molecule has 128 valence electrons. The van der Waals surface area contributed by atoms with E-state index in [4.69, 9.17) is 13.6 Å². The number of rotatable bonds is 2. The second-order valence-electron chi connectivity index (χ2n) is 9.50. The van der Waals surface area contributed by atoms with Crippen LogP contribution in [0.1, 0.15) is 41.5 Å². The molecule has 21 heavy (non-hydrogen) atoms. The fraction of sp³-hybridized carbons (Fsp3) is 1.00. The molecule has 1 saturated heterocycles. The second kappa shape index (κ2) is 6.44. The molecule has 0 atom stereocenters. The lowest BCUT2D eigenvalue weighted by Gasteiger charge is -2.51. The lowest BCUT2D eigenvalue weighted by molar-refractivity contribution is -0.292. The van der Waals surface area contributed by atoms with Crippen molar-refractivity contribution in [3.63, 3.8) is 0 Å². The molecular weight excluding hydrogens is 296 g/mol. The van der Waals surface area contributed by atoms with Crippen molar-refractivity contribution in [2.45, 2.75) is 97.6 Å². The fourth-order valence-electron chi connectivity index (χ4n) is 2.29. The number of hydrogen-bond donors (Lipinski definition) is 0. The van der Waals surface area contributed by atoms with Crippen molar-refractivity contribution in [3.05, 3.63) is 0 Å². The Labute approximate surface area is 135 Å². The van der Waals surface area contributed by atoms with Crippen LogP contribution in [0.3, 0.4) is 0 Å². The Bertz CT molecular complexity index is 324. The van der Waals surface area contributed by atoms with Gasteiger partial charge in [0.2, 0.25) is 0 Å². The molecule has 0 saturated carbocycles. The van der Waals surface area contributed by atoms with Gasteiger partial charge in [-0.1, -0.05) is 0 Å².